The number of benzene rings is 1. The second-order valence-electron chi connectivity index (χ2n) is 5.36. The Balaban J connectivity index is 2.18. The van der Waals surface area contributed by atoms with E-state index in [4.69, 9.17) is 4.74 Å². The molecule has 0 heterocycles. The number of amides is 1. The molecule has 0 aliphatic heterocycles. The van der Waals surface area contributed by atoms with Crippen LogP contribution in [-0.4, -0.2) is 49.1 Å². The van der Waals surface area contributed by atoms with E-state index in [-0.39, 0.29) is 23.7 Å². The van der Waals surface area contributed by atoms with Gasteiger partial charge in [-0.1, -0.05) is 0 Å². The summed E-state index contributed by atoms with van der Waals surface area (Å²) >= 11 is 0. The number of ether oxygens (including phenoxy) is 1. The number of nitrogens with one attached hydrogen (secondary N) is 1. The van der Waals surface area contributed by atoms with Crippen LogP contribution in [0.5, 0.6) is 0 Å². The van der Waals surface area contributed by atoms with Gasteiger partial charge in [-0.25, -0.2) is 0 Å². The summed E-state index contributed by atoms with van der Waals surface area (Å²) in [6.07, 6.45) is 1.87. The van der Waals surface area contributed by atoms with E-state index in [9.17, 15) is 14.9 Å². The molecular weight excluding hydrogens is 274 g/mol. The maximum atomic E-state index is 11.9. The maximum Gasteiger partial charge on any atom is 0.293 e. The van der Waals surface area contributed by atoms with Gasteiger partial charge in [0.1, 0.15) is 5.69 Å². The molecule has 0 atom stereocenters. The number of nitro benzene ring substituents is 1. The van der Waals surface area contributed by atoms with Crippen molar-refractivity contribution in [1.82, 2.24) is 4.90 Å². The summed E-state index contributed by atoms with van der Waals surface area (Å²) in [6, 6.07) is 4.68. The van der Waals surface area contributed by atoms with Crippen LogP contribution in [0.25, 0.3) is 0 Å². The summed E-state index contributed by atoms with van der Waals surface area (Å²) < 4.78 is 5.18. The minimum atomic E-state index is -0.471. The lowest BCUT2D eigenvalue weighted by molar-refractivity contribution is -0.384. The molecule has 7 nitrogen and oxygen atoms in total. The van der Waals surface area contributed by atoms with Gasteiger partial charge in [0, 0.05) is 38.9 Å². The number of hydrogen-bond acceptors (Lipinski definition) is 5. The summed E-state index contributed by atoms with van der Waals surface area (Å²) in [7, 11) is 4.88. The molecule has 7 heteroatoms. The van der Waals surface area contributed by atoms with Gasteiger partial charge in [-0.2, -0.15) is 0 Å². The van der Waals surface area contributed by atoms with E-state index in [0.717, 1.165) is 12.8 Å². The molecule has 0 unspecified atom stereocenters. The van der Waals surface area contributed by atoms with Crippen molar-refractivity contribution in [3.8, 4) is 0 Å². The van der Waals surface area contributed by atoms with Gasteiger partial charge in [0.2, 0.25) is 0 Å². The number of carbonyl (C=O) groups is 1. The zero-order valence-electron chi connectivity index (χ0n) is 12.3. The quantitative estimate of drug-likeness (QED) is 0.662. The Morgan fingerprint density at radius 3 is 2.62 bits per heavy atom. The average molecular weight is 293 g/mol. The Hall–Kier alpha value is -2.15. The number of carbonyl (C=O) groups excluding carboxylic acids is 1. The first-order chi connectivity index (χ1) is 9.92. The van der Waals surface area contributed by atoms with Crippen molar-refractivity contribution in [2.24, 2.45) is 0 Å². The number of anilines is 1. The van der Waals surface area contributed by atoms with Gasteiger partial charge in [-0.3, -0.25) is 14.9 Å². The van der Waals surface area contributed by atoms with Gasteiger partial charge in [-0.15, -0.1) is 0 Å². The Labute approximate surface area is 123 Å². The molecule has 0 saturated heterocycles. The highest BCUT2D eigenvalue weighted by Gasteiger charge is 2.30. The van der Waals surface area contributed by atoms with E-state index in [2.05, 4.69) is 5.32 Å². The molecule has 21 heavy (non-hydrogen) atoms. The first-order valence-electron chi connectivity index (χ1n) is 6.71. The van der Waals surface area contributed by atoms with Crippen LogP contribution in [-0.2, 0) is 4.74 Å². The fraction of sp³-hybridized carbons (Fsp3) is 0.500. The number of hydrogen-bond donors (Lipinski definition) is 1. The van der Waals surface area contributed by atoms with E-state index in [1.165, 1.54) is 11.0 Å². The fourth-order valence-electron chi connectivity index (χ4n) is 2.29. The maximum absolute atomic E-state index is 11.9. The molecule has 1 N–H and O–H groups in total. The van der Waals surface area contributed by atoms with Crippen LogP contribution in [0.2, 0.25) is 0 Å². The summed E-state index contributed by atoms with van der Waals surface area (Å²) in [4.78, 5) is 24.0. The highest BCUT2D eigenvalue weighted by Crippen LogP contribution is 2.31. The first kappa shape index (κ1) is 15.2. The standard InChI is InChI=1S/C14H19N3O4/c1-16(2)14(18)9-4-5-12(13(6-9)17(19)20)15-10-7-11(8-10)21-3/h4-6,10-11,15H,7-8H2,1-3H3. The van der Waals surface area contributed by atoms with Crippen molar-refractivity contribution in [2.75, 3.05) is 26.5 Å². The predicted molar refractivity (Wildman–Crippen MR) is 78.6 cm³/mol. The third-order valence-corrected chi connectivity index (χ3v) is 3.64. The Morgan fingerprint density at radius 2 is 2.10 bits per heavy atom. The van der Waals surface area contributed by atoms with Gasteiger partial charge < -0.3 is 15.0 Å². The largest absolute Gasteiger partial charge is 0.381 e. The van der Waals surface area contributed by atoms with E-state index < -0.39 is 4.92 Å². The summed E-state index contributed by atoms with van der Waals surface area (Å²) in [5.74, 6) is -0.257. The molecule has 1 aliphatic carbocycles. The zero-order chi connectivity index (χ0) is 15.6. The molecule has 1 fully saturated rings. The van der Waals surface area contributed by atoms with Crippen LogP contribution in [0.3, 0.4) is 0 Å². The third-order valence-electron chi connectivity index (χ3n) is 3.64. The molecule has 0 bridgehead atoms. The Morgan fingerprint density at radius 1 is 1.43 bits per heavy atom. The van der Waals surface area contributed by atoms with Crippen LogP contribution in [0.4, 0.5) is 11.4 Å². The van der Waals surface area contributed by atoms with Gasteiger partial charge in [0.25, 0.3) is 11.6 Å². The van der Waals surface area contributed by atoms with Crippen molar-refractivity contribution < 1.29 is 14.5 Å². The summed E-state index contributed by atoms with van der Waals surface area (Å²) in [5.41, 5.74) is 0.666. The van der Waals surface area contributed by atoms with E-state index in [1.54, 1.807) is 33.3 Å². The van der Waals surface area contributed by atoms with Crippen molar-refractivity contribution in [1.29, 1.82) is 0 Å². The topological polar surface area (TPSA) is 84.7 Å². The molecule has 1 aromatic rings. The van der Waals surface area contributed by atoms with Gasteiger partial charge in [0.15, 0.2) is 0 Å². The van der Waals surface area contributed by atoms with Gasteiger partial charge in [-0.05, 0) is 25.0 Å². The third kappa shape index (κ3) is 3.30. The molecule has 0 aromatic heterocycles. The minimum absolute atomic E-state index is 0.0800. The predicted octanol–water partition coefficient (Wildman–Crippen LogP) is 1.89. The van der Waals surface area contributed by atoms with Crippen molar-refractivity contribution in [3.05, 3.63) is 33.9 Å². The minimum Gasteiger partial charge on any atom is -0.381 e. The first-order valence-corrected chi connectivity index (χ1v) is 6.71. The lowest BCUT2D eigenvalue weighted by Crippen LogP contribution is -2.40. The molecule has 0 radical (unpaired) electrons. The van der Waals surface area contributed by atoms with Crippen LogP contribution < -0.4 is 5.32 Å². The Kier molecular flexibility index (Phi) is 4.42. The van der Waals surface area contributed by atoms with E-state index in [1.807, 2.05) is 0 Å². The molecule has 1 amide bonds. The second kappa shape index (κ2) is 6.09. The van der Waals surface area contributed by atoms with Gasteiger partial charge in [0.05, 0.1) is 11.0 Å². The molecule has 2 rings (SSSR count). The number of methoxy groups -OCH3 is 1. The van der Waals surface area contributed by atoms with Crippen LogP contribution in [0.1, 0.15) is 23.2 Å². The lowest BCUT2D eigenvalue weighted by atomic mass is 9.89. The molecule has 114 valence electrons. The highest BCUT2D eigenvalue weighted by atomic mass is 16.6. The SMILES string of the molecule is COC1CC(Nc2ccc(C(=O)N(C)C)cc2[N+](=O)[O-])C1. The fourth-order valence-corrected chi connectivity index (χ4v) is 2.29. The Bertz CT molecular complexity index is 553. The molecule has 1 aromatic carbocycles. The smallest absolute Gasteiger partial charge is 0.293 e. The number of nitrogens with zero attached hydrogens (tertiary/aromatic N) is 2. The summed E-state index contributed by atoms with van der Waals surface area (Å²) in [6.45, 7) is 0. The second-order valence-corrected chi connectivity index (χ2v) is 5.36. The highest BCUT2D eigenvalue weighted by molar-refractivity contribution is 5.95. The van der Waals surface area contributed by atoms with E-state index >= 15 is 0 Å². The van der Waals surface area contributed by atoms with Crippen LogP contribution in [0.15, 0.2) is 18.2 Å². The van der Waals surface area contributed by atoms with E-state index in [0.29, 0.717) is 11.3 Å². The number of rotatable bonds is 5. The average Bonchev–Trinajstić information content (AvgIpc) is 2.41. The molecule has 0 spiro atoms. The lowest BCUT2D eigenvalue weighted by Gasteiger charge is -2.35. The van der Waals surface area contributed by atoms with Crippen molar-refractivity contribution >= 4 is 17.3 Å². The summed E-state index contributed by atoms with van der Waals surface area (Å²) in [5, 5.41) is 14.3. The zero-order valence-corrected chi connectivity index (χ0v) is 12.3. The number of nitro groups is 1. The van der Waals surface area contributed by atoms with Crippen LogP contribution in [0, 0.1) is 10.1 Å². The van der Waals surface area contributed by atoms with Crippen LogP contribution >= 0.6 is 0 Å². The molecule has 1 saturated carbocycles. The van der Waals surface area contributed by atoms with Crippen molar-refractivity contribution in [2.45, 2.75) is 25.0 Å². The van der Waals surface area contributed by atoms with Crippen molar-refractivity contribution in [3.63, 3.8) is 0 Å². The van der Waals surface area contributed by atoms with Gasteiger partial charge >= 0.3 is 0 Å². The molecule has 1 aliphatic rings. The monoisotopic (exact) mass is 293 g/mol. The molecular formula is C14H19N3O4. The normalized spacial score (nSPS) is 20.5.